The molecule has 0 unspecified atom stereocenters. The molecule has 0 aliphatic heterocycles. The lowest BCUT2D eigenvalue weighted by Gasteiger charge is -2.10. The van der Waals surface area contributed by atoms with Crippen molar-refractivity contribution in [1.29, 1.82) is 0 Å². The molecule has 1 amide bonds. The van der Waals surface area contributed by atoms with Crippen molar-refractivity contribution in [3.05, 3.63) is 64.2 Å². The van der Waals surface area contributed by atoms with Gasteiger partial charge in [-0.1, -0.05) is 23.7 Å². The van der Waals surface area contributed by atoms with E-state index in [1.54, 1.807) is 24.3 Å². The average molecular weight is 306 g/mol. The molecule has 0 saturated carbocycles. The predicted octanol–water partition coefficient (Wildman–Crippen LogP) is 2.72. The molecule has 108 valence electrons. The smallest absolute Gasteiger partial charge is 0.339 e. The summed E-state index contributed by atoms with van der Waals surface area (Å²) in [6, 6.07) is 10.9. The highest BCUT2D eigenvalue weighted by atomic mass is 35.5. The Hall–Kier alpha value is -2.53. The third kappa shape index (κ3) is 3.73. The largest absolute Gasteiger partial charge is 0.488 e. The molecule has 6 heteroatoms. The second kappa shape index (κ2) is 6.28. The summed E-state index contributed by atoms with van der Waals surface area (Å²) in [6.45, 7) is 0.152. The molecular formula is C15H12ClNO4. The van der Waals surface area contributed by atoms with Crippen LogP contribution < -0.4 is 10.5 Å². The number of benzene rings is 2. The second-order valence-corrected chi connectivity index (χ2v) is 4.73. The van der Waals surface area contributed by atoms with Gasteiger partial charge in [-0.2, -0.15) is 0 Å². The molecule has 0 heterocycles. The number of ether oxygens (including phenoxy) is 1. The quantitative estimate of drug-likeness (QED) is 0.888. The lowest BCUT2D eigenvalue weighted by Crippen LogP contribution is -2.10. The minimum absolute atomic E-state index is 0.0353. The molecule has 0 aliphatic rings. The van der Waals surface area contributed by atoms with Gasteiger partial charge in [-0.25, -0.2) is 4.79 Å². The number of carboxylic acid groups (broad SMARTS) is 1. The zero-order valence-corrected chi connectivity index (χ0v) is 11.6. The number of halogens is 1. The van der Waals surface area contributed by atoms with E-state index in [4.69, 9.17) is 27.2 Å². The Morgan fingerprint density at radius 2 is 1.81 bits per heavy atom. The monoisotopic (exact) mass is 305 g/mol. The average Bonchev–Trinajstić information content (AvgIpc) is 2.45. The number of rotatable bonds is 5. The second-order valence-electron chi connectivity index (χ2n) is 4.30. The fraction of sp³-hybridized carbons (Fsp3) is 0.0667. The molecule has 0 bridgehead atoms. The third-order valence-electron chi connectivity index (χ3n) is 2.81. The van der Waals surface area contributed by atoms with Gasteiger partial charge in [-0.05, 0) is 35.9 Å². The number of primary amides is 1. The molecule has 21 heavy (non-hydrogen) atoms. The first-order chi connectivity index (χ1) is 9.97. The summed E-state index contributed by atoms with van der Waals surface area (Å²) in [5.74, 6) is -1.41. The maximum atomic E-state index is 11.1. The van der Waals surface area contributed by atoms with Crippen molar-refractivity contribution in [3.8, 4) is 5.75 Å². The summed E-state index contributed by atoms with van der Waals surface area (Å²) in [5.41, 5.74) is 6.35. The van der Waals surface area contributed by atoms with Gasteiger partial charge in [0, 0.05) is 10.6 Å². The standard InChI is InChI=1S/C15H12ClNO4/c16-11-5-6-12(15(19)20)13(7-11)21-8-9-1-3-10(4-2-9)14(17)18/h1-7H,8H2,(H2,17,18)(H,19,20). The Morgan fingerprint density at radius 1 is 1.14 bits per heavy atom. The first kappa shape index (κ1) is 14.9. The van der Waals surface area contributed by atoms with Gasteiger partial charge in [0.1, 0.15) is 17.9 Å². The van der Waals surface area contributed by atoms with Crippen molar-refractivity contribution >= 4 is 23.5 Å². The first-order valence-corrected chi connectivity index (χ1v) is 6.39. The van der Waals surface area contributed by atoms with E-state index in [0.717, 1.165) is 5.56 Å². The number of aromatic carboxylic acids is 1. The van der Waals surface area contributed by atoms with Crippen LogP contribution in [-0.2, 0) is 6.61 Å². The van der Waals surface area contributed by atoms with Gasteiger partial charge in [0.2, 0.25) is 5.91 Å². The molecule has 0 atom stereocenters. The summed E-state index contributed by atoms with van der Waals surface area (Å²) in [4.78, 5) is 22.0. The fourth-order valence-electron chi connectivity index (χ4n) is 1.72. The highest BCUT2D eigenvalue weighted by Crippen LogP contribution is 2.24. The van der Waals surface area contributed by atoms with Crippen LogP contribution in [0.15, 0.2) is 42.5 Å². The zero-order valence-electron chi connectivity index (χ0n) is 10.9. The summed E-state index contributed by atoms with van der Waals surface area (Å²) in [6.07, 6.45) is 0. The van der Waals surface area contributed by atoms with Crippen LogP contribution in [0.5, 0.6) is 5.75 Å². The van der Waals surface area contributed by atoms with Crippen LogP contribution in [0.1, 0.15) is 26.3 Å². The molecular weight excluding hydrogens is 294 g/mol. The Labute approximate surface area is 125 Å². The van der Waals surface area contributed by atoms with E-state index < -0.39 is 11.9 Å². The van der Waals surface area contributed by atoms with Crippen LogP contribution in [0.2, 0.25) is 5.02 Å². The molecule has 0 aromatic heterocycles. The van der Waals surface area contributed by atoms with Gasteiger partial charge in [-0.3, -0.25) is 4.79 Å². The molecule has 0 fully saturated rings. The molecule has 2 aromatic rings. The predicted molar refractivity (Wildman–Crippen MR) is 77.7 cm³/mol. The number of hydrogen-bond donors (Lipinski definition) is 2. The fourth-order valence-corrected chi connectivity index (χ4v) is 1.88. The molecule has 0 spiro atoms. The van der Waals surface area contributed by atoms with E-state index in [9.17, 15) is 9.59 Å². The summed E-state index contributed by atoms with van der Waals surface area (Å²) in [5, 5.41) is 9.46. The number of carbonyl (C=O) groups is 2. The summed E-state index contributed by atoms with van der Waals surface area (Å²) < 4.78 is 5.48. The van der Waals surface area contributed by atoms with Crippen LogP contribution in [0, 0.1) is 0 Å². The number of hydrogen-bond acceptors (Lipinski definition) is 3. The van der Waals surface area contributed by atoms with Crippen molar-refractivity contribution in [2.45, 2.75) is 6.61 Å². The van der Waals surface area contributed by atoms with Gasteiger partial charge in [0.05, 0.1) is 0 Å². The molecule has 2 aromatic carbocycles. The van der Waals surface area contributed by atoms with Gasteiger partial charge >= 0.3 is 5.97 Å². The van der Waals surface area contributed by atoms with E-state index in [2.05, 4.69) is 0 Å². The van der Waals surface area contributed by atoms with Crippen molar-refractivity contribution < 1.29 is 19.4 Å². The number of carbonyl (C=O) groups excluding carboxylic acids is 1. The van der Waals surface area contributed by atoms with Crippen LogP contribution >= 0.6 is 11.6 Å². The lowest BCUT2D eigenvalue weighted by atomic mass is 10.1. The minimum Gasteiger partial charge on any atom is -0.488 e. The van der Waals surface area contributed by atoms with Crippen molar-refractivity contribution in [2.75, 3.05) is 0 Å². The van der Waals surface area contributed by atoms with Crippen molar-refractivity contribution in [3.63, 3.8) is 0 Å². The van der Waals surface area contributed by atoms with E-state index in [1.165, 1.54) is 18.2 Å². The number of carboxylic acids is 1. The summed E-state index contributed by atoms with van der Waals surface area (Å²) >= 11 is 5.83. The molecule has 5 nitrogen and oxygen atoms in total. The third-order valence-corrected chi connectivity index (χ3v) is 3.04. The Bertz CT molecular complexity index is 683. The van der Waals surface area contributed by atoms with Gasteiger partial charge < -0.3 is 15.6 Å². The van der Waals surface area contributed by atoms with Gasteiger partial charge in [-0.15, -0.1) is 0 Å². The normalized spacial score (nSPS) is 10.1. The van der Waals surface area contributed by atoms with Crippen molar-refractivity contribution in [2.24, 2.45) is 5.73 Å². The van der Waals surface area contributed by atoms with Crippen LogP contribution in [0.4, 0.5) is 0 Å². The topological polar surface area (TPSA) is 89.6 Å². The highest BCUT2D eigenvalue weighted by molar-refractivity contribution is 6.30. The Kier molecular flexibility index (Phi) is 4.45. The highest BCUT2D eigenvalue weighted by Gasteiger charge is 2.12. The molecule has 0 radical (unpaired) electrons. The number of nitrogens with two attached hydrogens (primary N) is 1. The van der Waals surface area contributed by atoms with Crippen LogP contribution in [0.3, 0.4) is 0 Å². The minimum atomic E-state index is -1.09. The van der Waals surface area contributed by atoms with E-state index in [1.807, 2.05) is 0 Å². The van der Waals surface area contributed by atoms with Gasteiger partial charge in [0.25, 0.3) is 0 Å². The lowest BCUT2D eigenvalue weighted by molar-refractivity contribution is 0.0691. The Morgan fingerprint density at radius 3 is 2.38 bits per heavy atom. The van der Waals surface area contributed by atoms with E-state index in [-0.39, 0.29) is 17.9 Å². The van der Waals surface area contributed by atoms with Crippen LogP contribution in [-0.4, -0.2) is 17.0 Å². The Balaban J connectivity index is 2.14. The first-order valence-electron chi connectivity index (χ1n) is 6.02. The summed E-state index contributed by atoms with van der Waals surface area (Å²) in [7, 11) is 0. The van der Waals surface area contributed by atoms with Gasteiger partial charge in [0.15, 0.2) is 0 Å². The SMILES string of the molecule is NC(=O)c1ccc(COc2cc(Cl)ccc2C(=O)O)cc1. The maximum absolute atomic E-state index is 11.1. The maximum Gasteiger partial charge on any atom is 0.339 e. The van der Waals surface area contributed by atoms with Crippen LogP contribution in [0.25, 0.3) is 0 Å². The molecule has 3 N–H and O–H groups in total. The molecule has 0 aliphatic carbocycles. The van der Waals surface area contributed by atoms with E-state index >= 15 is 0 Å². The van der Waals surface area contributed by atoms with Crippen molar-refractivity contribution in [1.82, 2.24) is 0 Å². The number of amides is 1. The molecule has 0 saturated heterocycles. The van der Waals surface area contributed by atoms with E-state index in [0.29, 0.717) is 10.6 Å². The molecule has 2 rings (SSSR count). The zero-order chi connectivity index (χ0) is 15.4.